The summed E-state index contributed by atoms with van der Waals surface area (Å²) in [5, 5.41) is 0. The highest BCUT2D eigenvalue weighted by Crippen LogP contribution is 2.43. The van der Waals surface area contributed by atoms with Crippen LogP contribution in [0.25, 0.3) is 0 Å². The van der Waals surface area contributed by atoms with Crippen LogP contribution < -0.4 is 5.73 Å². The summed E-state index contributed by atoms with van der Waals surface area (Å²) >= 11 is 3.19. The molecule has 2 rings (SSSR count). The van der Waals surface area contributed by atoms with E-state index < -0.39 is 0 Å². The number of benzene rings is 1. The predicted molar refractivity (Wildman–Crippen MR) is 53.9 cm³/mol. The maximum atomic E-state index is 13.2. The lowest BCUT2D eigenvalue weighted by Crippen LogP contribution is -2.19. The van der Waals surface area contributed by atoms with Crippen LogP contribution in [-0.2, 0) is 5.54 Å². The third-order valence-corrected chi connectivity index (χ3v) is 3.15. The van der Waals surface area contributed by atoms with Crippen molar-refractivity contribution < 1.29 is 4.39 Å². The fourth-order valence-corrected chi connectivity index (χ4v) is 2.00. The molecule has 1 aliphatic carbocycles. The largest absolute Gasteiger partial charge is 0.321 e. The van der Waals surface area contributed by atoms with Gasteiger partial charge in [0.15, 0.2) is 0 Å². The molecule has 3 heteroatoms. The maximum Gasteiger partial charge on any atom is 0.140 e. The van der Waals surface area contributed by atoms with Crippen molar-refractivity contribution in [3.63, 3.8) is 0 Å². The van der Waals surface area contributed by atoms with Gasteiger partial charge in [0.05, 0.1) is 4.47 Å². The zero-order chi connectivity index (χ0) is 9.64. The molecule has 0 spiro atoms. The van der Waals surface area contributed by atoms with Gasteiger partial charge >= 0.3 is 0 Å². The Balaban J connectivity index is 2.50. The van der Waals surface area contributed by atoms with Gasteiger partial charge in [-0.15, -0.1) is 0 Å². The highest BCUT2D eigenvalue weighted by molar-refractivity contribution is 9.10. The van der Waals surface area contributed by atoms with E-state index >= 15 is 0 Å². The van der Waals surface area contributed by atoms with E-state index in [0.29, 0.717) is 10.0 Å². The quantitative estimate of drug-likeness (QED) is 0.807. The summed E-state index contributed by atoms with van der Waals surface area (Å²) in [5.74, 6) is -0.187. The molecule has 0 aromatic heterocycles. The minimum Gasteiger partial charge on any atom is -0.321 e. The van der Waals surface area contributed by atoms with Gasteiger partial charge in [0, 0.05) is 5.54 Å². The lowest BCUT2D eigenvalue weighted by atomic mass is 10.0. The lowest BCUT2D eigenvalue weighted by Gasteiger charge is -2.11. The van der Waals surface area contributed by atoms with Crippen LogP contribution in [0.15, 0.2) is 16.6 Å². The molecule has 1 saturated carbocycles. The van der Waals surface area contributed by atoms with E-state index in [9.17, 15) is 4.39 Å². The molecule has 1 aromatic carbocycles. The molecule has 1 aliphatic rings. The molecule has 0 atom stereocenters. The van der Waals surface area contributed by atoms with E-state index in [4.69, 9.17) is 5.73 Å². The Hall–Kier alpha value is -0.410. The molecular formula is C10H11BrFN. The molecule has 70 valence electrons. The second-order valence-electron chi connectivity index (χ2n) is 3.75. The summed E-state index contributed by atoms with van der Waals surface area (Å²) in [4.78, 5) is 0. The van der Waals surface area contributed by atoms with Gasteiger partial charge in [-0.2, -0.15) is 0 Å². The van der Waals surface area contributed by atoms with E-state index in [1.54, 1.807) is 13.0 Å². The molecule has 1 nitrogen and oxygen atoms in total. The molecule has 0 unspecified atom stereocenters. The fourth-order valence-electron chi connectivity index (χ4n) is 1.44. The monoisotopic (exact) mass is 243 g/mol. The maximum absolute atomic E-state index is 13.2. The first-order valence-corrected chi connectivity index (χ1v) is 5.07. The third kappa shape index (κ3) is 1.51. The van der Waals surface area contributed by atoms with Crippen molar-refractivity contribution in [3.8, 4) is 0 Å². The molecule has 2 N–H and O–H groups in total. The van der Waals surface area contributed by atoms with Crippen LogP contribution in [0.1, 0.15) is 24.0 Å². The van der Waals surface area contributed by atoms with Crippen molar-refractivity contribution >= 4 is 15.9 Å². The van der Waals surface area contributed by atoms with Gasteiger partial charge in [0.2, 0.25) is 0 Å². The first kappa shape index (κ1) is 9.16. The van der Waals surface area contributed by atoms with Crippen molar-refractivity contribution in [2.45, 2.75) is 25.3 Å². The van der Waals surface area contributed by atoms with Gasteiger partial charge in [-0.05, 0) is 52.9 Å². The highest BCUT2D eigenvalue weighted by Gasteiger charge is 2.40. The minimum absolute atomic E-state index is 0.180. The van der Waals surface area contributed by atoms with Crippen LogP contribution in [0.5, 0.6) is 0 Å². The topological polar surface area (TPSA) is 26.0 Å². The zero-order valence-corrected chi connectivity index (χ0v) is 8.99. The van der Waals surface area contributed by atoms with Gasteiger partial charge in [-0.25, -0.2) is 4.39 Å². The van der Waals surface area contributed by atoms with Gasteiger partial charge in [-0.1, -0.05) is 6.07 Å². The molecular weight excluding hydrogens is 233 g/mol. The second kappa shape index (κ2) is 2.79. The van der Waals surface area contributed by atoms with Crippen LogP contribution in [0, 0.1) is 12.7 Å². The van der Waals surface area contributed by atoms with E-state index in [0.717, 1.165) is 18.4 Å². The predicted octanol–water partition coefficient (Wildman–Crippen LogP) is 2.84. The Labute approximate surface area is 85.3 Å². The number of halogens is 2. The average molecular weight is 244 g/mol. The highest BCUT2D eigenvalue weighted by atomic mass is 79.9. The van der Waals surface area contributed by atoms with Gasteiger partial charge in [0.1, 0.15) is 5.82 Å². The number of rotatable bonds is 1. The molecule has 0 heterocycles. The van der Waals surface area contributed by atoms with Crippen LogP contribution >= 0.6 is 15.9 Å². The Morgan fingerprint density at radius 3 is 2.54 bits per heavy atom. The summed E-state index contributed by atoms with van der Waals surface area (Å²) in [5.41, 5.74) is 7.53. The summed E-state index contributed by atoms with van der Waals surface area (Å²) < 4.78 is 13.7. The summed E-state index contributed by atoms with van der Waals surface area (Å²) in [6.45, 7) is 1.76. The van der Waals surface area contributed by atoms with Gasteiger partial charge < -0.3 is 5.73 Å². The number of nitrogens with two attached hydrogens (primary N) is 1. The fraction of sp³-hybridized carbons (Fsp3) is 0.400. The van der Waals surface area contributed by atoms with Gasteiger partial charge in [-0.3, -0.25) is 0 Å². The SMILES string of the molecule is Cc1cc(C2(N)CC2)cc(Br)c1F. The average Bonchev–Trinajstić information content (AvgIpc) is 2.80. The Kier molecular flexibility index (Phi) is 1.96. The molecule has 13 heavy (non-hydrogen) atoms. The van der Waals surface area contributed by atoms with Crippen molar-refractivity contribution in [3.05, 3.63) is 33.5 Å². The molecule has 0 bridgehead atoms. The standard InChI is InChI=1S/C10H11BrFN/c1-6-4-7(10(13)2-3-10)5-8(11)9(6)12/h4-5H,2-3,13H2,1H3. The molecule has 0 saturated heterocycles. The normalized spacial score (nSPS) is 18.8. The Morgan fingerprint density at radius 2 is 2.08 bits per heavy atom. The Morgan fingerprint density at radius 1 is 1.46 bits per heavy atom. The molecule has 1 aromatic rings. The van der Waals surface area contributed by atoms with Gasteiger partial charge in [0.25, 0.3) is 0 Å². The summed E-state index contributed by atoms with van der Waals surface area (Å²) in [6, 6.07) is 3.63. The zero-order valence-electron chi connectivity index (χ0n) is 7.40. The van der Waals surface area contributed by atoms with Crippen LogP contribution in [0.3, 0.4) is 0 Å². The van der Waals surface area contributed by atoms with Crippen LogP contribution in [-0.4, -0.2) is 0 Å². The number of hydrogen-bond acceptors (Lipinski definition) is 1. The molecule has 0 amide bonds. The van der Waals surface area contributed by atoms with E-state index in [2.05, 4.69) is 15.9 Å². The summed E-state index contributed by atoms with van der Waals surface area (Å²) in [6.07, 6.45) is 2.01. The van der Waals surface area contributed by atoms with Crippen molar-refractivity contribution in [1.29, 1.82) is 0 Å². The van der Waals surface area contributed by atoms with Crippen molar-refractivity contribution in [1.82, 2.24) is 0 Å². The molecule has 1 fully saturated rings. The summed E-state index contributed by atoms with van der Waals surface area (Å²) in [7, 11) is 0. The first-order valence-electron chi connectivity index (χ1n) is 4.28. The third-order valence-electron chi connectivity index (χ3n) is 2.57. The minimum atomic E-state index is -0.187. The number of aryl methyl sites for hydroxylation is 1. The molecule has 0 aliphatic heterocycles. The van der Waals surface area contributed by atoms with Crippen molar-refractivity contribution in [2.24, 2.45) is 5.73 Å². The smallest absolute Gasteiger partial charge is 0.140 e. The number of hydrogen-bond donors (Lipinski definition) is 1. The molecule has 0 radical (unpaired) electrons. The van der Waals surface area contributed by atoms with Crippen LogP contribution in [0.4, 0.5) is 4.39 Å². The van der Waals surface area contributed by atoms with E-state index in [1.807, 2.05) is 6.07 Å². The first-order chi connectivity index (χ1) is 6.03. The van der Waals surface area contributed by atoms with Crippen molar-refractivity contribution in [2.75, 3.05) is 0 Å². The van der Waals surface area contributed by atoms with E-state index in [1.165, 1.54) is 0 Å². The van der Waals surface area contributed by atoms with E-state index in [-0.39, 0.29) is 11.4 Å². The lowest BCUT2D eigenvalue weighted by molar-refractivity contribution is 0.607. The Bertz CT molecular complexity index is 335. The second-order valence-corrected chi connectivity index (χ2v) is 4.60. The van der Waals surface area contributed by atoms with Crippen LogP contribution in [0.2, 0.25) is 0 Å².